The molecule has 0 saturated heterocycles. The number of nitrogens with one attached hydrogen (secondary N) is 1. The van der Waals surface area contributed by atoms with Crippen LogP contribution in [0.15, 0.2) is 22.7 Å². The van der Waals surface area contributed by atoms with Crippen molar-refractivity contribution in [3.8, 4) is 11.8 Å². The largest absolute Gasteiger partial charge is 0.497 e. The highest BCUT2D eigenvalue weighted by Crippen LogP contribution is 2.29. The lowest BCUT2D eigenvalue weighted by atomic mass is 9.94. The Bertz CT molecular complexity index is 464. The van der Waals surface area contributed by atoms with Gasteiger partial charge in [0, 0.05) is 16.1 Å². The number of rotatable bonds is 4. The van der Waals surface area contributed by atoms with E-state index in [1.807, 2.05) is 18.2 Å². The summed E-state index contributed by atoms with van der Waals surface area (Å²) in [5.41, 5.74) is 0.951. The molecule has 1 aliphatic rings. The third-order valence-electron chi connectivity index (χ3n) is 3.65. The van der Waals surface area contributed by atoms with E-state index in [9.17, 15) is 5.26 Å². The van der Waals surface area contributed by atoms with E-state index < -0.39 is 0 Å². The molecule has 19 heavy (non-hydrogen) atoms. The standard InChI is InChI=1S/C15H19BrN2O/c1-19-12-7-8-14(16)13(9-12)15(10-17)18-11-5-3-2-4-6-11/h7-9,11,15,18H,2-6H2,1H3. The fourth-order valence-corrected chi connectivity index (χ4v) is 3.05. The SMILES string of the molecule is COc1ccc(Br)c(C(C#N)NC2CCCCC2)c1. The molecule has 102 valence electrons. The Morgan fingerprint density at radius 1 is 1.37 bits per heavy atom. The summed E-state index contributed by atoms with van der Waals surface area (Å²) in [5.74, 6) is 0.781. The molecule has 0 heterocycles. The summed E-state index contributed by atoms with van der Waals surface area (Å²) >= 11 is 3.52. The second-order valence-corrected chi connectivity index (χ2v) is 5.81. The zero-order chi connectivity index (χ0) is 13.7. The summed E-state index contributed by atoms with van der Waals surface area (Å²) in [4.78, 5) is 0. The maximum absolute atomic E-state index is 9.42. The van der Waals surface area contributed by atoms with E-state index in [1.54, 1.807) is 7.11 Å². The molecule has 1 unspecified atom stereocenters. The Morgan fingerprint density at radius 3 is 2.74 bits per heavy atom. The molecular weight excluding hydrogens is 304 g/mol. The second kappa shape index (κ2) is 6.93. The summed E-state index contributed by atoms with van der Waals surface area (Å²) in [7, 11) is 1.64. The normalized spacial score (nSPS) is 17.7. The first-order chi connectivity index (χ1) is 9.24. The van der Waals surface area contributed by atoms with Crippen molar-refractivity contribution < 1.29 is 4.74 Å². The summed E-state index contributed by atoms with van der Waals surface area (Å²) < 4.78 is 6.18. The van der Waals surface area contributed by atoms with Crippen molar-refractivity contribution in [3.63, 3.8) is 0 Å². The lowest BCUT2D eigenvalue weighted by molar-refractivity contribution is 0.358. The van der Waals surface area contributed by atoms with Crippen molar-refractivity contribution in [2.75, 3.05) is 7.11 Å². The molecule has 0 bridgehead atoms. The highest BCUT2D eigenvalue weighted by Gasteiger charge is 2.20. The van der Waals surface area contributed by atoms with Gasteiger partial charge in [0.1, 0.15) is 11.8 Å². The van der Waals surface area contributed by atoms with Crippen molar-refractivity contribution in [1.82, 2.24) is 5.32 Å². The van der Waals surface area contributed by atoms with Crippen LogP contribution in [0.2, 0.25) is 0 Å². The third-order valence-corrected chi connectivity index (χ3v) is 4.37. The Balaban J connectivity index is 2.14. The Kier molecular flexibility index (Phi) is 5.24. The summed E-state index contributed by atoms with van der Waals surface area (Å²) in [6, 6.07) is 8.28. The van der Waals surface area contributed by atoms with Gasteiger partial charge in [-0.05, 0) is 31.0 Å². The molecule has 1 aromatic rings. The van der Waals surface area contributed by atoms with E-state index in [4.69, 9.17) is 4.74 Å². The fraction of sp³-hybridized carbons (Fsp3) is 0.533. The van der Waals surface area contributed by atoms with E-state index in [0.29, 0.717) is 6.04 Å². The number of nitriles is 1. The van der Waals surface area contributed by atoms with Crippen LogP contribution in [0.1, 0.15) is 43.7 Å². The zero-order valence-electron chi connectivity index (χ0n) is 11.2. The minimum atomic E-state index is -0.285. The van der Waals surface area contributed by atoms with E-state index in [2.05, 4.69) is 27.3 Å². The second-order valence-electron chi connectivity index (χ2n) is 4.95. The van der Waals surface area contributed by atoms with Crippen molar-refractivity contribution in [2.24, 2.45) is 0 Å². The van der Waals surface area contributed by atoms with Gasteiger partial charge in [-0.3, -0.25) is 5.32 Å². The van der Waals surface area contributed by atoms with Crippen LogP contribution < -0.4 is 10.1 Å². The van der Waals surface area contributed by atoms with Crippen LogP contribution in [0.3, 0.4) is 0 Å². The number of halogens is 1. The first-order valence-corrected chi connectivity index (χ1v) is 7.53. The minimum absolute atomic E-state index is 0.285. The molecular formula is C15H19BrN2O. The molecule has 1 N–H and O–H groups in total. The summed E-state index contributed by atoms with van der Waals surface area (Å²) in [6.07, 6.45) is 6.17. The van der Waals surface area contributed by atoms with Crippen LogP contribution in [-0.2, 0) is 0 Å². The highest BCUT2D eigenvalue weighted by atomic mass is 79.9. The monoisotopic (exact) mass is 322 g/mol. The van der Waals surface area contributed by atoms with Gasteiger partial charge in [0.25, 0.3) is 0 Å². The van der Waals surface area contributed by atoms with Gasteiger partial charge in [-0.15, -0.1) is 0 Å². The van der Waals surface area contributed by atoms with Crippen molar-refractivity contribution in [2.45, 2.75) is 44.2 Å². The third kappa shape index (κ3) is 3.71. The fourth-order valence-electron chi connectivity index (χ4n) is 2.57. The lowest BCUT2D eigenvalue weighted by Gasteiger charge is -2.26. The van der Waals surface area contributed by atoms with E-state index in [0.717, 1.165) is 15.8 Å². The quantitative estimate of drug-likeness (QED) is 0.913. The van der Waals surface area contributed by atoms with Gasteiger partial charge in [0.15, 0.2) is 0 Å². The smallest absolute Gasteiger partial charge is 0.122 e. The predicted octanol–water partition coefficient (Wildman–Crippen LogP) is 3.94. The van der Waals surface area contributed by atoms with Crippen LogP contribution >= 0.6 is 15.9 Å². The molecule has 1 saturated carbocycles. The molecule has 1 aromatic carbocycles. The number of hydrogen-bond acceptors (Lipinski definition) is 3. The highest BCUT2D eigenvalue weighted by molar-refractivity contribution is 9.10. The summed E-state index contributed by atoms with van der Waals surface area (Å²) in [5, 5.41) is 12.9. The maximum atomic E-state index is 9.42. The number of methoxy groups -OCH3 is 1. The molecule has 1 aliphatic carbocycles. The Hall–Kier alpha value is -1.05. The number of nitrogens with zero attached hydrogens (tertiary/aromatic N) is 1. The maximum Gasteiger partial charge on any atom is 0.122 e. The van der Waals surface area contributed by atoms with Crippen molar-refractivity contribution in [3.05, 3.63) is 28.2 Å². The molecule has 1 atom stereocenters. The number of ether oxygens (including phenoxy) is 1. The van der Waals surface area contributed by atoms with Gasteiger partial charge >= 0.3 is 0 Å². The van der Waals surface area contributed by atoms with Gasteiger partial charge in [0.2, 0.25) is 0 Å². The molecule has 0 aliphatic heterocycles. The van der Waals surface area contributed by atoms with Crippen LogP contribution in [0, 0.1) is 11.3 Å². The molecule has 0 aromatic heterocycles. The number of hydrogen-bond donors (Lipinski definition) is 1. The van der Waals surface area contributed by atoms with Gasteiger partial charge in [-0.25, -0.2) is 0 Å². The van der Waals surface area contributed by atoms with E-state index in [-0.39, 0.29) is 6.04 Å². The van der Waals surface area contributed by atoms with Crippen LogP contribution in [-0.4, -0.2) is 13.2 Å². The molecule has 4 heteroatoms. The van der Waals surface area contributed by atoms with E-state index in [1.165, 1.54) is 32.1 Å². The zero-order valence-corrected chi connectivity index (χ0v) is 12.7. The first kappa shape index (κ1) is 14.4. The summed E-state index contributed by atoms with van der Waals surface area (Å²) in [6.45, 7) is 0. The van der Waals surface area contributed by atoms with Crippen molar-refractivity contribution in [1.29, 1.82) is 5.26 Å². The van der Waals surface area contributed by atoms with Crippen LogP contribution in [0.5, 0.6) is 5.75 Å². The van der Waals surface area contributed by atoms with Crippen molar-refractivity contribution >= 4 is 15.9 Å². The minimum Gasteiger partial charge on any atom is -0.497 e. The Morgan fingerprint density at radius 2 is 2.11 bits per heavy atom. The molecule has 2 rings (SSSR count). The predicted molar refractivity (Wildman–Crippen MR) is 79.1 cm³/mol. The van der Waals surface area contributed by atoms with Gasteiger partial charge in [0.05, 0.1) is 13.2 Å². The molecule has 0 spiro atoms. The molecule has 3 nitrogen and oxygen atoms in total. The molecule has 1 fully saturated rings. The van der Waals surface area contributed by atoms with E-state index >= 15 is 0 Å². The number of benzene rings is 1. The average molecular weight is 323 g/mol. The van der Waals surface area contributed by atoms with Gasteiger partial charge in [-0.2, -0.15) is 5.26 Å². The molecule has 0 amide bonds. The van der Waals surface area contributed by atoms with Gasteiger partial charge in [-0.1, -0.05) is 35.2 Å². The first-order valence-electron chi connectivity index (χ1n) is 6.73. The Labute approximate surface area is 123 Å². The lowest BCUT2D eigenvalue weighted by Crippen LogP contribution is -2.34. The topological polar surface area (TPSA) is 45.0 Å². The van der Waals surface area contributed by atoms with Crippen LogP contribution in [0.25, 0.3) is 0 Å². The average Bonchev–Trinajstić information content (AvgIpc) is 2.47. The molecule has 0 radical (unpaired) electrons. The van der Waals surface area contributed by atoms with Crippen LogP contribution in [0.4, 0.5) is 0 Å². The van der Waals surface area contributed by atoms with Gasteiger partial charge < -0.3 is 4.74 Å².